The zero-order chi connectivity index (χ0) is 15.0. The normalized spacial score (nSPS) is 11.8. The third kappa shape index (κ3) is 4.58. The number of carboxylic acid groups (broad SMARTS) is 1. The second kappa shape index (κ2) is 7.74. The predicted molar refractivity (Wildman–Crippen MR) is 74.1 cm³/mol. The first-order valence-electron chi connectivity index (χ1n) is 6.19. The summed E-state index contributed by atoms with van der Waals surface area (Å²) in [5, 5.41) is 20.0. The lowest BCUT2D eigenvalue weighted by Crippen LogP contribution is -2.40. The van der Waals surface area contributed by atoms with Gasteiger partial charge in [-0.2, -0.15) is 5.26 Å². The van der Waals surface area contributed by atoms with Crippen LogP contribution in [-0.2, 0) is 11.2 Å². The maximum absolute atomic E-state index is 11.9. The molecule has 5 nitrogen and oxygen atoms in total. The van der Waals surface area contributed by atoms with E-state index in [9.17, 15) is 9.59 Å². The average Bonchev–Trinajstić information content (AvgIpc) is 2.44. The molecular weight excluding hydrogens is 256 g/mol. The molecule has 1 rings (SSSR count). The molecule has 0 spiro atoms. The van der Waals surface area contributed by atoms with E-state index in [1.165, 1.54) is 0 Å². The van der Waals surface area contributed by atoms with Gasteiger partial charge in [-0.25, -0.2) is 4.79 Å². The molecule has 0 saturated carbocycles. The molecule has 1 atom stereocenters. The van der Waals surface area contributed by atoms with Gasteiger partial charge in [0.05, 0.1) is 12.5 Å². The van der Waals surface area contributed by atoms with Gasteiger partial charge >= 0.3 is 5.97 Å². The maximum Gasteiger partial charge on any atom is 0.326 e. The molecule has 0 aliphatic rings. The minimum Gasteiger partial charge on any atom is -0.480 e. The number of rotatable bonds is 6. The predicted octanol–water partition coefficient (Wildman–Crippen LogP) is 1.90. The smallest absolute Gasteiger partial charge is 0.326 e. The van der Waals surface area contributed by atoms with E-state index in [1.807, 2.05) is 6.07 Å². The standard InChI is InChI=1S/C15H16N2O3/c1-2-3-4-13(15(19)20)17-14(18)12-7-5-11(6-8-12)9-10-16/h2-3,5-8,13H,4,9H2,1H3,(H,17,18)(H,19,20)/b3-2+. The van der Waals surface area contributed by atoms with Gasteiger partial charge < -0.3 is 10.4 Å². The molecule has 20 heavy (non-hydrogen) atoms. The van der Waals surface area contributed by atoms with E-state index in [2.05, 4.69) is 5.32 Å². The van der Waals surface area contributed by atoms with Crippen LogP contribution < -0.4 is 5.32 Å². The van der Waals surface area contributed by atoms with Crippen molar-refractivity contribution < 1.29 is 14.7 Å². The topological polar surface area (TPSA) is 90.2 Å². The molecule has 0 aliphatic heterocycles. The number of nitriles is 1. The van der Waals surface area contributed by atoms with E-state index in [0.29, 0.717) is 5.56 Å². The Hall–Kier alpha value is -2.61. The van der Waals surface area contributed by atoms with Crippen LogP contribution in [0.25, 0.3) is 0 Å². The second-order valence-electron chi connectivity index (χ2n) is 4.20. The van der Waals surface area contributed by atoms with Crippen LogP contribution in [0.5, 0.6) is 0 Å². The van der Waals surface area contributed by atoms with Gasteiger partial charge in [-0.3, -0.25) is 4.79 Å². The van der Waals surface area contributed by atoms with Crippen molar-refractivity contribution in [2.75, 3.05) is 0 Å². The van der Waals surface area contributed by atoms with Crippen molar-refractivity contribution >= 4 is 11.9 Å². The number of carbonyl (C=O) groups excluding carboxylic acids is 1. The van der Waals surface area contributed by atoms with E-state index >= 15 is 0 Å². The van der Waals surface area contributed by atoms with E-state index in [1.54, 1.807) is 43.3 Å². The van der Waals surface area contributed by atoms with Gasteiger partial charge in [-0.05, 0) is 31.0 Å². The van der Waals surface area contributed by atoms with Gasteiger partial charge in [-0.1, -0.05) is 24.3 Å². The van der Waals surface area contributed by atoms with E-state index < -0.39 is 17.9 Å². The first kappa shape index (κ1) is 15.4. The fraction of sp³-hybridized carbons (Fsp3) is 0.267. The minimum atomic E-state index is -1.07. The number of allylic oxidation sites excluding steroid dienone is 1. The Morgan fingerprint density at radius 3 is 2.55 bits per heavy atom. The highest BCUT2D eigenvalue weighted by Gasteiger charge is 2.19. The molecular formula is C15H16N2O3. The van der Waals surface area contributed by atoms with Crippen molar-refractivity contribution in [2.24, 2.45) is 0 Å². The Labute approximate surface area is 117 Å². The van der Waals surface area contributed by atoms with Gasteiger partial charge in [0.2, 0.25) is 0 Å². The van der Waals surface area contributed by atoms with Crippen LogP contribution in [0.15, 0.2) is 36.4 Å². The van der Waals surface area contributed by atoms with Gasteiger partial charge in [0.25, 0.3) is 5.91 Å². The molecule has 5 heteroatoms. The van der Waals surface area contributed by atoms with E-state index in [0.717, 1.165) is 5.56 Å². The van der Waals surface area contributed by atoms with Crippen molar-refractivity contribution in [3.8, 4) is 6.07 Å². The van der Waals surface area contributed by atoms with Crippen LogP contribution in [0, 0.1) is 11.3 Å². The summed E-state index contributed by atoms with van der Waals surface area (Å²) in [6, 6.07) is 7.59. The molecule has 1 unspecified atom stereocenters. The highest BCUT2D eigenvalue weighted by Crippen LogP contribution is 2.06. The summed E-state index contributed by atoms with van der Waals surface area (Å²) in [6.07, 6.45) is 3.94. The molecule has 1 aromatic rings. The zero-order valence-electron chi connectivity index (χ0n) is 11.2. The molecule has 0 aromatic heterocycles. The molecule has 0 aliphatic carbocycles. The van der Waals surface area contributed by atoms with Crippen molar-refractivity contribution in [1.82, 2.24) is 5.32 Å². The Balaban J connectivity index is 2.73. The summed E-state index contributed by atoms with van der Waals surface area (Å²) in [5.74, 6) is -1.51. The van der Waals surface area contributed by atoms with Crippen molar-refractivity contribution in [2.45, 2.75) is 25.8 Å². The first-order valence-corrected chi connectivity index (χ1v) is 6.19. The summed E-state index contributed by atoms with van der Waals surface area (Å²) in [6.45, 7) is 1.79. The van der Waals surface area contributed by atoms with Crippen molar-refractivity contribution in [3.05, 3.63) is 47.5 Å². The Morgan fingerprint density at radius 1 is 1.40 bits per heavy atom. The summed E-state index contributed by atoms with van der Waals surface area (Å²) in [7, 11) is 0. The number of hydrogen-bond acceptors (Lipinski definition) is 3. The number of aliphatic carboxylic acids is 1. The molecule has 2 N–H and O–H groups in total. The average molecular weight is 272 g/mol. The largest absolute Gasteiger partial charge is 0.480 e. The number of carboxylic acids is 1. The number of benzene rings is 1. The first-order chi connectivity index (χ1) is 9.58. The molecule has 104 valence electrons. The highest BCUT2D eigenvalue weighted by atomic mass is 16.4. The van der Waals surface area contributed by atoms with E-state index in [-0.39, 0.29) is 12.8 Å². The van der Waals surface area contributed by atoms with Crippen LogP contribution in [0.2, 0.25) is 0 Å². The lowest BCUT2D eigenvalue weighted by Gasteiger charge is -2.12. The molecule has 0 bridgehead atoms. The highest BCUT2D eigenvalue weighted by molar-refractivity contribution is 5.96. The molecule has 1 aromatic carbocycles. The Kier molecular flexibility index (Phi) is 5.98. The number of nitrogens with one attached hydrogen (secondary N) is 1. The van der Waals surface area contributed by atoms with Gasteiger partial charge in [0.15, 0.2) is 0 Å². The third-order valence-electron chi connectivity index (χ3n) is 2.71. The van der Waals surface area contributed by atoms with Gasteiger partial charge in [-0.15, -0.1) is 0 Å². The monoisotopic (exact) mass is 272 g/mol. The summed E-state index contributed by atoms with van der Waals surface area (Å²) in [4.78, 5) is 23.0. The summed E-state index contributed by atoms with van der Waals surface area (Å²) >= 11 is 0. The number of carbonyl (C=O) groups is 2. The van der Waals surface area contributed by atoms with Crippen LogP contribution in [0.1, 0.15) is 29.3 Å². The van der Waals surface area contributed by atoms with E-state index in [4.69, 9.17) is 10.4 Å². The van der Waals surface area contributed by atoms with Crippen LogP contribution >= 0.6 is 0 Å². The SMILES string of the molecule is C/C=C/CC(NC(=O)c1ccc(CC#N)cc1)C(=O)O. The van der Waals surface area contributed by atoms with Crippen LogP contribution in [0.3, 0.4) is 0 Å². The Morgan fingerprint density at radius 2 is 2.05 bits per heavy atom. The summed E-state index contributed by atoms with van der Waals surface area (Å²) < 4.78 is 0. The third-order valence-corrected chi connectivity index (χ3v) is 2.71. The molecule has 0 fully saturated rings. The summed E-state index contributed by atoms with van der Waals surface area (Å²) in [5.41, 5.74) is 1.19. The minimum absolute atomic E-state index is 0.240. The lowest BCUT2D eigenvalue weighted by atomic mass is 10.1. The second-order valence-corrected chi connectivity index (χ2v) is 4.20. The Bertz CT molecular complexity index is 541. The number of hydrogen-bond donors (Lipinski definition) is 2. The zero-order valence-corrected chi connectivity index (χ0v) is 11.2. The van der Waals surface area contributed by atoms with Crippen LogP contribution in [-0.4, -0.2) is 23.0 Å². The van der Waals surface area contributed by atoms with Crippen molar-refractivity contribution in [3.63, 3.8) is 0 Å². The van der Waals surface area contributed by atoms with Gasteiger partial charge in [0, 0.05) is 5.56 Å². The van der Waals surface area contributed by atoms with Gasteiger partial charge in [0.1, 0.15) is 6.04 Å². The fourth-order valence-electron chi connectivity index (χ4n) is 1.60. The molecule has 1 amide bonds. The number of amides is 1. The lowest BCUT2D eigenvalue weighted by molar-refractivity contribution is -0.139. The maximum atomic E-state index is 11.9. The van der Waals surface area contributed by atoms with Crippen molar-refractivity contribution in [1.29, 1.82) is 5.26 Å². The molecule has 0 radical (unpaired) electrons. The molecule has 0 heterocycles. The molecule has 0 saturated heterocycles. The quantitative estimate of drug-likeness (QED) is 0.774. The fourth-order valence-corrected chi connectivity index (χ4v) is 1.60. The van der Waals surface area contributed by atoms with Crippen LogP contribution in [0.4, 0.5) is 0 Å². The number of nitrogens with zero attached hydrogens (tertiary/aromatic N) is 1.